The Bertz CT molecular complexity index is 614. The molecule has 2 aromatic rings. The van der Waals surface area contributed by atoms with Crippen LogP contribution < -0.4 is 11.0 Å². The average Bonchev–Trinajstić information content (AvgIpc) is 2.71. The molecule has 2 heterocycles. The molecule has 2 aromatic heterocycles. The fraction of sp³-hybridized carbons (Fsp3) is 0.462. The summed E-state index contributed by atoms with van der Waals surface area (Å²) in [6.07, 6.45) is 4.53. The zero-order valence-corrected chi connectivity index (χ0v) is 11.6. The highest BCUT2D eigenvalue weighted by Gasteiger charge is 2.06. The Balaban J connectivity index is 2.26. The topological polar surface area (TPSA) is 64.7 Å². The predicted molar refractivity (Wildman–Crippen MR) is 74.4 cm³/mol. The molecule has 1 N–H and O–H groups in total. The summed E-state index contributed by atoms with van der Waals surface area (Å²) in [4.78, 5) is 20.8. The van der Waals surface area contributed by atoms with Crippen molar-refractivity contribution in [2.45, 2.75) is 33.4 Å². The Labute approximate surface area is 112 Å². The highest BCUT2D eigenvalue weighted by atomic mass is 16.1. The van der Waals surface area contributed by atoms with E-state index in [9.17, 15) is 4.79 Å². The number of hydrogen-bond donors (Lipinski definition) is 1. The number of aryl methyl sites for hydroxylation is 2. The zero-order chi connectivity index (χ0) is 13.8. The maximum Gasteiger partial charge on any atom is 0.328 e. The van der Waals surface area contributed by atoms with Gasteiger partial charge >= 0.3 is 5.69 Å². The van der Waals surface area contributed by atoms with Crippen LogP contribution in [0.25, 0.3) is 0 Å². The molecule has 0 fully saturated rings. The second-order valence-electron chi connectivity index (χ2n) is 4.46. The zero-order valence-electron chi connectivity index (χ0n) is 11.6. The summed E-state index contributed by atoms with van der Waals surface area (Å²) < 4.78 is 3.33. The summed E-state index contributed by atoms with van der Waals surface area (Å²) in [6.45, 7) is 5.10. The molecule has 0 unspecified atom stereocenters. The first kappa shape index (κ1) is 13.3. The van der Waals surface area contributed by atoms with Crippen LogP contribution in [-0.2, 0) is 13.1 Å². The molecule has 6 heteroatoms. The van der Waals surface area contributed by atoms with Crippen molar-refractivity contribution in [3.05, 3.63) is 40.5 Å². The van der Waals surface area contributed by atoms with Gasteiger partial charge in [0.05, 0.1) is 6.54 Å². The largest absolute Gasteiger partial charge is 0.373 e. The molecule has 0 amide bonds. The lowest BCUT2D eigenvalue weighted by atomic mass is 10.4. The van der Waals surface area contributed by atoms with Crippen molar-refractivity contribution in [2.75, 3.05) is 12.4 Å². The number of rotatable bonds is 5. The van der Waals surface area contributed by atoms with Gasteiger partial charge in [-0.2, -0.15) is 0 Å². The van der Waals surface area contributed by atoms with Gasteiger partial charge in [-0.25, -0.2) is 14.8 Å². The summed E-state index contributed by atoms with van der Waals surface area (Å²) in [5.74, 6) is 1.41. The summed E-state index contributed by atoms with van der Waals surface area (Å²) in [7, 11) is 1.81. The second-order valence-corrected chi connectivity index (χ2v) is 4.46. The molecule has 0 radical (unpaired) electrons. The first-order valence-electron chi connectivity index (χ1n) is 6.42. The van der Waals surface area contributed by atoms with E-state index in [4.69, 9.17) is 0 Å². The highest BCUT2D eigenvalue weighted by Crippen LogP contribution is 2.06. The Morgan fingerprint density at radius 1 is 1.26 bits per heavy atom. The molecule has 6 nitrogen and oxygen atoms in total. The third-order valence-corrected chi connectivity index (χ3v) is 2.85. The smallest absolute Gasteiger partial charge is 0.328 e. The Morgan fingerprint density at radius 3 is 2.68 bits per heavy atom. The van der Waals surface area contributed by atoms with Crippen molar-refractivity contribution < 1.29 is 0 Å². The summed E-state index contributed by atoms with van der Waals surface area (Å²) in [5, 5.41) is 2.99. The monoisotopic (exact) mass is 261 g/mol. The number of nitrogens with zero attached hydrogens (tertiary/aromatic N) is 4. The molecule has 102 valence electrons. The van der Waals surface area contributed by atoms with E-state index in [2.05, 4.69) is 15.3 Å². The van der Waals surface area contributed by atoms with E-state index in [0.29, 0.717) is 12.4 Å². The van der Waals surface area contributed by atoms with Gasteiger partial charge in [-0.3, -0.25) is 9.13 Å². The molecule has 0 atom stereocenters. The Hall–Kier alpha value is -2.11. The normalized spacial score (nSPS) is 10.7. The van der Waals surface area contributed by atoms with Gasteiger partial charge in [0, 0.05) is 37.7 Å². The number of nitrogens with one attached hydrogen (secondary N) is 1. The number of hydrogen-bond acceptors (Lipinski definition) is 4. The molecule has 2 rings (SSSR count). The molecule has 0 bridgehead atoms. The van der Waals surface area contributed by atoms with Gasteiger partial charge in [0.1, 0.15) is 5.82 Å². The van der Waals surface area contributed by atoms with Crippen LogP contribution in [0.3, 0.4) is 0 Å². The van der Waals surface area contributed by atoms with Crippen molar-refractivity contribution in [3.8, 4) is 0 Å². The lowest BCUT2D eigenvalue weighted by Gasteiger charge is -2.05. The Kier molecular flexibility index (Phi) is 3.99. The van der Waals surface area contributed by atoms with Crippen molar-refractivity contribution >= 4 is 5.82 Å². The summed E-state index contributed by atoms with van der Waals surface area (Å²) >= 11 is 0. The van der Waals surface area contributed by atoms with Crippen LogP contribution in [0.15, 0.2) is 23.3 Å². The van der Waals surface area contributed by atoms with Crippen LogP contribution in [0, 0.1) is 6.92 Å². The van der Waals surface area contributed by atoms with Crippen molar-refractivity contribution in [1.29, 1.82) is 0 Å². The molecule has 0 aromatic carbocycles. The van der Waals surface area contributed by atoms with Gasteiger partial charge < -0.3 is 5.32 Å². The lowest BCUT2D eigenvalue weighted by molar-refractivity contribution is 0.616. The molecule has 0 aliphatic rings. The first-order chi connectivity index (χ1) is 9.13. The maximum atomic E-state index is 12.1. The third kappa shape index (κ3) is 3.01. The molecule has 19 heavy (non-hydrogen) atoms. The average molecular weight is 261 g/mol. The second kappa shape index (κ2) is 5.69. The summed E-state index contributed by atoms with van der Waals surface area (Å²) in [5.41, 5.74) is 0.869. The molecule has 0 saturated carbocycles. The van der Waals surface area contributed by atoms with E-state index < -0.39 is 0 Å². The van der Waals surface area contributed by atoms with Gasteiger partial charge in [-0.05, 0) is 13.3 Å². The highest BCUT2D eigenvalue weighted by molar-refractivity contribution is 5.34. The fourth-order valence-corrected chi connectivity index (χ4v) is 1.97. The summed E-state index contributed by atoms with van der Waals surface area (Å²) in [6, 6.07) is 1.87. The quantitative estimate of drug-likeness (QED) is 0.879. The van der Waals surface area contributed by atoms with Gasteiger partial charge in [0.2, 0.25) is 0 Å². The van der Waals surface area contributed by atoms with Crippen molar-refractivity contribution in [2.24, 2.45) is 0 Å². The molecular formula is C13H19N5O. The van der Waals surface area contributed by atoms with Gasteiger partial charge in [-0.1, -0.05) is 6.92 Å². The molecule has 0 saturated heterocycles. The number of imidazole rings is 1. The molecule has 0 aliphatic carbocycles. The van der Waals surface area contributed by atoms with Crippen LogP contribution in [0.5, 0.6) is 0 Å². The van der Waals surface area contributed by atoms with E-state index in [-0.39, 0.29) is 5.69 Å². The standard InChI is InChI=1S/C13H19N5O/c1-4-5-17-6-7-18(13(17)19)9-12-15-10(2)8-11(14-3)16-12/h6-8H,4-5,9H2,1-3H3,(H,14,15,16). The van der Waals surface area contributed by atoms with Crippen molar-refractivity contribution in [3.63, 3.8) is 0 Å². The van der Waals surface area contributed by atoms with Crippen LogP contribution >= 0.6 is 0 Å². The minimum atomic E-state index is -0.0158. The SMILES string of the molecule is CCCn1ccn(Cc2nc(C)cc(NC)n2)c1=O. The van der Waals surface area contributed by atoms with E-state index in [1.807, 2.05) is 27.0 Å². The van der Waals surface area contributed by atoms with Crippen LogP contribution in [0.1, 0.15) is 24.9 Å². The van der Waals surface area contributed by atoms with E-state index in [0.717, 1.165) is 24.5 Å². The van der Waals surface area contributed by atoms with Crippen LogP contribution in [0.2, 0.25) is 0 Å². The minimum absolute atomic E-state index is 0.0158. The predicted octanol–water partition coefficient (Wildman–Crippen LogP) is 1.25. The van der Waals surface area contributed by atoms with Crippen molar-refractivity contribution in [1.82, 2.24) is 19.1 Å². The van der Waals surface area contributed by atoms with E-state index in [1.54, 1.807) is 21.5 Å². The van der Waals surface area contributed by atoms with Gasteiger partial charge in [-0.15, -0.1) is 0 Å². The number of aromatic nitrogens is 4. The van der Waals surface area contributed by atoms with Gasteiger partial charge in [0.15, 0.2) is 5.82 Å². The molecule has 0 aliphatic heterocycles. The fourth-order valence-electron chi connectivity index (χ4n) is 1.97. The van der Waals surface area contributed by atoms with Crippen LogP contribution in [-0.4, -0.2) is 26.1 Å². The lowest BCUT2D eigenvalue weighted by Crippen LogP contribution is -2.25. The minimum Gasteiger partial charge on any atom is -0.373 e. The third-order valence-electron chi connectivity index (χ3n) is 2.85. The van der Waals surface area contributed by atoms with E-state index in [1.165, 1.54) is 0 Å². The number of anilines is 1. The maximum absolute atomic E-state index is 12.1. The van der Waals surface area contributed by atoms with E-state index >= 15 is 0 Å². The van der Waals surface area contributed by atoms with Gasteiger partial charge in [0.25, 0.3) is 0 Å². The first-order valence-corrected chi connectivity index (χ1v) is 6.42. The molecular weight excluding hydrogens is 242 g/mol. The van der Waals surface area contributed by atoms with Crippen LogP contribution in [0.4, 0.5) is 5.82 Å². The molecule has 0 spiro atoms. The Morgan fingerprint density at radius 2 is 2.00 bits per heavy atom.